The van der Waals surface area contributed by atoms with Gasteiger partial charge >= 0.3 is 8.56 Å². The van der Waals surface area contributed by atoms with Crippen molar-refractivity contribution in [2.24, 2.45) is 0 Å². The molecule has 1 aliphatic heterocycles. The van der Waals surface area contributed by atoms with Crippen LogP contribution in [0.2, 0.25) is 6.04 Å². The van der Waals surface area contributed by atoms with E-state index in [4.69, 9.17) is 25.2 Å². The molecule has 0 saturated carbocycles. The van der Waals surface area contributed by atoms with Crippen molar-refractivity contribution in [3.05, 3.63) is 0 Å². The summed E-state index contributed by atoms with van der Waals surface area (Å²) in [6, 6.07) is 0.984. The second-order valence-corrected chi connectivity index (χ2v) is 8.30. The third-order valence-electron chi connectivity index (χ3n) is 2.92. The number of ether oxygens (including phenoxy) is 1. The van der Waals surface area contributed by atoms with E-state index in [1.54, 1.807) is 14.2 Å². The van der Waals surface area contributed by atoms with Crippen LogP contribution in [0.4, 0.5) is 0 Å². The lowest BCUT2D eigenvalue weighted by molar-refractivity contribution is -0.0904. The minimum absolute atomic E-state index is 0.0328. The van der Waals surface area contributed by atoms with Gasteiger partial charge < -0.3 is 13.6 Å². The number of hydrogen-bond donors (Lipinski definition) is 0. The van der Waals surface area contributed by atoms with Crippen LogP contribution >= 0.6 is 11.6 Å². The van der Waals surface area contributed by atoms with E-state index >= 15 is 0 Å². The molecule has 1 fully saturated rings. The van der Waals surface area contributed by atoms with Crippen LogP contribution in [0, 0.1) is 0 Å². The van der Waals surface area contributed by atoms with Gasteiger partial charge in [0.05, 0.1) is 5.00 Å². The van der Waals surface area contributed by atoms with Gasteiger partial charge in [-0.3, -0.25) is 0 Å². The van der Waals surface area contributed by atoms with Crippen molar-refractivity contribution >= 4 is 20.2 Å². The Balaban J connectivity index is 2.65. The third-order valence-corrected chi connectivity index (χ3v) is 7.79. The monoisotopic (exact) mass is 252 g/mol. The fourth-order valence-corrected chi connectivity index (χ4v) is 6.19. The van der Waals surface area contributed by atoms with E-state index < -0.39 is 8.56 Å². The first-order valence-electron chi connectivity index (χ1n) is 5.58. The lowest BCUT2D eigenvalue weighted by Crippen LogP contribution is -2.55. The summed E-state index contributed by atoms with van der Waals surface area (Å²) in [5, 5.41) is 0.0328. The van der Waals surface area contributed by atoms with Crippen molar-refractivity contribution < 1.29 is 13.6 Å². The highest BCUT2D eigenvalue weighted by molar-refractivity contribution is 6.76. The Morgan fingerprint density at radius 3 is 2.80 bits per heavy atom. The second-order valence-electron chi connectivity index (χ2n) is 3.95. The van der Waals surface area contributed by atoms with Crippen LogP contribution in [0.3, 0.4) is 0 Å². The number of rotatable bonds is 5. The minimum atomic E-state index is -2.22. The fourth-order valence-electron chi connectivity index (χ4n) is 2.00. The maximum atomic E-state index is 6.40. The summed E-state index contributed by atoms with van der Waals surface area (Å²) in [7, 11) is 1.17. The van der Waals surface area contributed by atoms with Gasteiger partial charge in [-0.15, -0.1) is 11.6 Å². The van der Waals surface area contributed by atoms with Gasteiger partial charge in [0.2, 0.25) is 0 Å². The van der Waals surface area contributed by atoms with E-state index in [2.05, 4.69) is 6.92 Å². The Morgan fingerprint density at radius 1 is 1.53 bits per heavy atom. The Kier molecular flexibility index (Phi) is 5.56. The van der Waals surface area contributed by atoms with Gasteiger partial charge in [0.1, 0.15) is 6.29 Å². The van der Waals surface area contributed by atoms with E-state index in [1.165, 1.54) is 0 Å². The van der Waals surface area contributed by atoms with E-state index in [1.807, 2.05) is 0 Å². The molecule has 0 aromatic rings. The van der Waals surface area contributed by atoms with E-state index in [9.17, 15) is 0 Å². The number of hydrogen-bond acceptors (Lipinski definition) is 3. The molecule has 0 aliphatic carbocycles. The largest absolute Gasteiger partial charge is 0.397 e. The normalized spacial score (nSPS) is 34.0. The van der Waals surface area contributed by atoms with Crippen LogP contribution in [-0.2, 0) is 13.6 Å². The maximum Gasteiger partial charge on any atom is 0.358 e. The zero-order valence-electron chi connectivity index (χ0n) is 9.79. The lowest BCUT2D eigenvalue weighted by atomic mass is 10.3. The lowest BCUT2D eigenvalue weighted by Gasteiger charge is -2.39. The van der Waals surface area contributed by atoms with Crippen LogP contribution in [0.1, 0.15) is 32.6 Å². The predicted molar refractivity (Wildman–Crippen MR) is 63.2 cm³/mol. The number of halogens is 1. The standard InChI is InChI=1S/C10H21ClO3Si/c1-4-6-9(11)15(13-3)8-5-7-10(12-2)14-15/h9-10H,4-8H2,1-3H3. The van der Waals surface area contributed by atoms with Crippen molar-refractivity contribution in [1.29, 1.82) is 0 Å². The van der Waals surface area contributed by atoms with Gasteiger partial charge in [-0.05, 0) is 25.3 Å². The van der Waals surface area contributed by atoms with Gasteiger partial charge in [0.25, 0.3) is 0 Å². The molecular formula is C10H21ClO3Si. The van der Waals surface area contributed by atoms with E-state index in [0.717, 1.165) is 31.7 Å². The molecule has 0 bridgehead atoms. The number of alkyl halides is 1. The summed E-state index contributed by atoms with van der Waals surface area (Å²) in [6.07, 6.45) is 3.93. The highest BCUT2D eigenvalue weighted by atomic mass is 35.5. The van der Waals surface area contributed by atoms with Crippen LogP contribution in [0.25, 0.3) is 0 Å². The molecule has 15 heavy (non-hydrogen) atoms. The van der Waals surface area contributed by atoms with Crippen molar-refractivity contribution in [3.8, 4) is 0 Å². The third kappa shape index (κ3) is 3.17. The molecule has 1 rings (SSSR count). The predicted octanol–water partition coefficient (Wildman–Crippen LogP) is 2.80. The molecule has 0 aromatic heterocycles. The summed E-state index contributed by atoms with van der Waals surface area (Å²) >= 11 is 6.40. The Bertz CT molecular complexity index is 194. The molecule has 0 N–H and O–H groups in total. The second kappa shape index (κ2) is 6.20. The molecule has 0 aromatic carbocycles. The Labute approximate surface area is 98.3 Å². The van der Waals surface area contributed by atoms with Crippen LogP contribution in [0.15, 0.2) is 0 Å². The molecule has 0 spiro atoms. The molecule has 0 radical (unpaired) electrons. The quantitative estimate of drug-likeness (QED) is 0.556. The van der Waals surface area contributed by atoms with Gasteiger partial charge in [-0.25, -0.2) is 0 Å². The average Bonchev–Trinajstić information content (AvgIpc) is 2.29. The van der Waals surface area contributed by atoms with E-state index in [0.29, 0.717) is 0 Å². The van der Waals surface area contributed by atoms with Crippen molar-refractivity contribution in [3.63, 3.8) is 0 Å². The van der Waals surface area contributed by atoms with Gasteiger partial charge in [-0.1, -0.05) is 13.3 Å². The molecule has 90 valence electrons. The molecule has 1 saturated heterocycles. The first-order valence-corrected chi connectivity index (χ1v) is 8.12. The molecule has 1 aliphatic rings. The van der Waals surface area contributed by atoms with Gasteiger partial charge in [0.15, 0.2) is 0 Å². The fraction of sp³-hybridized carbons (Fsp3) is 1.00. The molecule has 5 heteroatoms. The van der Waals surface area contributed by atoms with Crippen molar-refractivity contribution in [2.45, 2.75) is 49.9 Å². The summed E-state index contributed by atoms with van der Waals surface area (Å²) in [5.41, 5.74) is 0. The molecular weight excluding hydrogens is 232 g/mol. The maximum absolute atomic E-state index is 6.40. The zero-order chi connectivity index (χ0) is 11.3. The summed E-state index contributed by atoms with van der Waals surface area (Å²) in [6.45, 7) is 2.13. The highest BCUT2D eigenvalue weighted by Gasteiger charge is 2.48. The average molecular weight is 253 g/mol. The Hall–Kier alpha value is 0.387. The van der Waals surface area contributed by atoms with Crippen molar-refractivity contribution in [2.75, 3.05) is 14.2 Å². The summed E-state index contributed by atoms with van der Waals surface area (Å²) < 4.78 is 16.8. The Morgan fingerprint density at radius 2 is 2.27 bits per heavy atom. The first kappa shape index (κ1) is 13.5. The first-order chi connectivity index (χ1) is 7.18. The molecule has 3 atom stereocenters. The van der Waals surface area contributed by atoms with Gasteiger partial charge in [-0.2, -0.15) is 0 Å². The highest BCUT2D eigenvalue weighted by Crippen LogP contribution is 2.33. The van der Waals surface area contributed by atoms with Crippen LogP contribution in [-0.4, -0.2) is 34.1 Å². The summed E-state index contributed by atoms with van der Waals surface area (Å²) in [4.78, 5) is 0. The number of methoxy groups -OCH3 is 1. The smallest absolute Gasteiger partial charge is 0.358 e. The van der Waals surface area contributed by atoms with Crippen molar-refractivity contribution in [1.82, 2.24) is 0 Å². The minimum Gasteiger partial charge on any atom is -0.397 e. The van der Waals surface area contributed by atoms with E-state index in [-0.39, 0.29) is 11.3 Å². The molecule has 3 unspecified atom stereocenters. The SMILES string of the molecule is CCCC(Cl)[Si]1(OC)CCCC(OC)O1. The topological polar surface area (TPSA) is 27.7 Å². The molecule has 3 nitrogen and oxygen atoms in total. The molecule has 1 heterocycles. The molecule has 0 amide bonds. The summed E-state index contributed by atoms with van der Waals surface area (Å²) in [5.74, 6) is 0. The van der Waals surface area contributed by atoms with Gasteiger partial charge in [0, 0.05) is 14.2 Å². The van der Waals surface area contributed by atoms with Crippen LogP contribution in [0.5, 0.6) is 0 Å². The van der Waals surface area contributed by atoms with Crippen LogP contribution < -0.4 is 0 Å². The zero-order valence-corrected chi connectivity index (χ0v) is 11.5.